The van der Waals surface area contributed by atoms with Crippen LogP contribution in [0.5, 0.6) is 0 Å². The first kappa shape index (κ1) is 20.0. The van der Waals surface area contributed by atoms with E-state index in [1.165, 1.54) is 4.68 Å². The van der Waals surface area contributed by atoms with Gasteiger partial charge >= 0.3 is 11.7 Å². The molecule has 1 saturated heterocycles. The van der Waals surface area contributed by atoms with Gasteiger partial charge in [-0.1, -0.05) is 18.2 Å². The molecule has 8 nitrogen and oxygen atoms in total. The van der Waals surface area contributed by atoms with Gasteiger partial charge in [-0.2, -0.15) is 5.10 Å². The lowest BCUT2D eigenvalue weighted by molar-refractivity contribution is -0.145. The third kappa shape index (κ3) is 4.56. The average Bonchev–Trinajstić information content (AvgIpc) is 2.98. The minimum absolute atomic E-state index is 0.129. The van der Waals surface area contributed by atoms with Crippen LogP contribution in [0.25, 0.3) is 5.69 Å². The minimum Gasteiger partial charge on any atom is -0.466 e. The zero-order valence-electron chi connectivity index (χ0n) is 16.3. The van der Waals surface area contributed by atoms with Gasteiger partial charge in [0.2, 0.25) is 0 Å². The van der Waals surface area contributed by atoms with Crippen LogP contribution in [0.2, 0.25) is 0 Å². The quantitative estimate of drug-likeness (QED) is 0.526. The number of nitrogens with zero attached hydrogens (tertiary/aromatic N) is 4. The maximum atomic E-state index is 12.6. The molecular formula is C20H26N4O4. The van der Waals surface area contributed by atoms with Crippen molar-refractivity contribution < 1.29 is 14.3 Å². The molecule has 1 aromatic carbocycles. The standard InChI is InChI=1S/C20H26N4O4/c1-3-28-18(26)13-17(25)14-23-11-9-15(10-12-23)19-21-22(2)20(27)24(19)16-7-5-4-6-8-16/h4-8,15H,3,9-14H2,1-2H3. The SMILES string of the molecule is CCOC(=O)CC(=O)CN1CCC(c2nn(C)c(=O)n2-c2ccccc2)CC1. The number of rotatable bonds is 7. The molecule has 3 rings (SSSR count). The Morgan fingerprint density at radius 1 is 1.18 bits per heavy atom. The molecule has 0 radical (unpaired) electrons. The maximum Gasteiger partial charge on any atom is 0.350 e. The second kappa shape index (κ2) is 8.97. The van der Waals surface area contributed by atoms with Crippen LogP contribution in [0, 0.1) is 0 Å². The van der Waals surface area contributed by atoms with Crippen molar-refractivity contribution in [1.29, 1.82) is 0 Å². The lowest BCUT2D eigenvalue weighted by Gasteiger charge is -2.30. The zero-order chi connectivity index (χ0) is 20.1. The predicted octanol–water partition coefficient (Wildman–Crippen LogP) is 1.27. The van der Waals surface area contributed by atoms with E-state index in [0.717, 1.165) is 37.4 Å². The van der Waals surface area contributed by atoms with Gasteiger partial charge in [-0.05, 0) is 45.0 Å². The Balaban J connectivity index is 1.65. The van der Waals surface area contributed by atoms with Gasteiger partial charge in [0.05, 0.1) is 18.8 Å². The van der Waals surface area contributed by atoms with Gasteiger partial charge in [0, 0.05) is 13.0 Å². The molecular weight excluding hydrogens is 360 g/mol. The molecule has 0 atom stereocenters. The summed E-state index contributed by atoms with van der Waals surface area (Å²) in [7, 11) is 1.66. The largest absolute Gasteiger partial charge is 0.466 e. The summed E-state index contributed by atoms with van der Waals surface area (Å²) in [6, 6.07) is 9.51. The number of piperidine rings is 1. The summed E-state index contributed by atoms with van der Waals surface area (Å²) in [5, 5.41) is 4.48. The molecule has 0 aliphatic carbocycles. The molecule has 0 N–H and O–H groups in total. The van der Waals surface area contributed by atoms with Crippen molar-refractivity contribution in [2.75, 3.05) is 26.2 Å². The van der Waals surface area contributed by atoms with Crippen LogP contribution in [0.4, 0.5) is 0 Å². The van der Waals surface area contributed by atoms with E-state index in [2.05, 4.69) is 5.10 Å². The molecule has 0 amide bonds. The number of esters is 1. The zero-order valence-corrected chi connectivity index (χ0v) is 16.3. The van der Waals surface area contributed by atoms with E-state index in [1.54, 1.807) is 18.5 Å². The van der Waals surface area contributed by atoms with Gasteiger partial charge in [-0.15, -0.1) is 0 Å². The molecule has 2 heterocycles. The number of likely N-dealkylation sites (tertiary alicyclic amines) is 1. The van der Waals surface area contributed by atoms with Gasteiger partial charge in [0.1, 0.15) is 12.2 Å². The Bertz CT molecular complexity index is 879. The van der Waals surface area contributed by atoms with Crippen molar-refractivity contribution >= 4 is 11.8 Å². The first-order chi connectivity index (χ1) is 13.5. The van der Waals surface area contributed by atoms with Crippen LogP contribution < -0.4 is 5.69 Å². The molecule has 8 heteroatoms. The van der Waals surface area contributed by atoms with Crippen molar-refractivity contribution in [2.24, 2.45) is 7.05 Å². The first-order valence-electron chi connectivity index (χ1n) is 9.60. The molecule has 28 heavy (non-hydrogen) atoms. The summed E-state index contributed by atoms with van der Waals surface area (Å²) in [6.07, 6.45) is 1.42. The van der Waals surface area contributed by atoms with Crippen LogP contribution in [-0.2, 0) is 21.4 Å². The van der Waals surface area contributed by atoms with E-state index in [4.69, 9.17) is 4.74 Å². The fourth-order valence-corrected chi connectivity index (χ4v) is 3.60. The second-order valence-electron chi connectivity index (χ2n) is 7.01. The smallest absolute Gasteiger partial charge is 0.350 e. The van der Waals surface area contributed by atoms with E-state index >= 15 is 0 Å². The van der Waals surface area contributed by atoms with Crippen molar-refractivity contribution in [1.82, 2.24) is 19.2 Å². The number of ether oxygens (including phenoxy) is 1. The fraction of sp³-hybridized carbons (Fsp3) is 0.500. The molecule has 0 saturated carbocycles. The first-order valence-corrected chi connectivity index (χ1v) is 9.60. The van der Waals surface area contributed by atoms with Gasteiger partial charge in [0.15, 0.2) is 5.78 Å². The fourth-order valence-electron chi connectivity index (χ4n) is 3.60. The van der Waals surface area contributed by atoms with Crippen LogP contribution >= 0.6 is 0 Å². The Morgan fingerprint density at radius 2 is 1.86 bits per heavy atom. The van der Waals surface area contributed by atoms with Crippen LogP contribution in [0.1, 0.15) is 37.9 Å². The number of carbonyl (C=O) groups is 2. The average molecular weight is 386 g/mol. The second-order valence-corrected chi connectivity index (χ2v) is 7.01. The van der Waals surface area contributed by atoms with Crippen molar-refractivity contribution in [2.45, 2.75) is 32.1 Å². The highest BCUT2D eigenvalue weighted by molar-refractivity contribution is 5.96. The third-order valence-corrected chi connectivity index (χ3v) is 4.96. The Hall–Kier alpha value is -2.74. The normalized spacial score (nSPS) is 15.5. The molecule has 0 unspecified atom stereocenters. The lowest BCUT2D eigenvalue weighted by atomic mass is 9.95. The van der Waals surface area contributed by atoms with Gasteiger partial charge in [0.25, 0.3) is 0 Å². The van der Waals surface area contributed by atoms with Crippen molar-refractivity contribution in [3.8, 4) is 5.69 Å². The molecule has 2 aromatic rings. The summed E-state index contributed by atoms with van der Waals surface area (Å²) >= 11 is 0. The van der Waals surface area contributed by atoms with Crippen molar-refractivity contribution in [3.05, 3.63) is 46.6 Å². The van der Waals surface area contributed by atoms with Gasteiger partial charge in [-0.3, -0.25) is 14.5 Å². The summed E-state index contributed by atoms with van der Waals surface area (Å²) < 4.78 is 7.87. The summed E-state index contributed by atoms with van der Waals surface area (Å²) in [5.41, 5.74) is 0.649. The molecule has 1 aliphatic heterocycles. The number of carbonyl (C=O) groups excluding carboxylic acids is 2. The highest BCUT2D eigenvalue weighted by atomic mass is 16.5. The number of Topliss-reactive ketones (excluding diaryl/α,β-unsaturated/α-hetero) is 1. The number of aryl methyl sites for hydroxylation is 1. The van der Waals surface area contributed by atoms with Crippen LogP contribution in [0.3, 0.4) is 0 Å². The van der Waals surface area contributed by atoms with Crippen molar-refractivity contribution in [3.63, 3.8) is 0 Å². The number of hydrogen-bond acceptors (Lipinski definition) is 6. The van der Waals surface area contributed by atoms with E-state index in [9.17, 15) is 14.4 Å². The van der Waals surface area contributed by atoms with E-state index in [1.807, 2.05) is 35.2 Å². The van der Waals surface area contributed by atoms with Gasteiger partial charge < -0.3 is 4.74 Å². The monoisotopic (exact) mass is 386 g/mol. The number of hydrogen-bond donors (Lipinski definition) is 0. The third-order valence-electron chi connectivity index (χ3n) is 4.96. The van der Waals surface area contributed by atoms with Crippen LogP contribution in [0.15, 0.2) is 35.1 Å². The Morgan fingerprint density at radius 3 is 2.50 bits per heavy atom. The number of benzene rings is 1. The highest BCUT2D eigenvalue weighted by Crippen LogP contribution is 2.27. The molecule has 0 bridgehead atoms. The minimum atomic E-state index is -0.470. The molecule has 0 spiro atoms. The topological polar surface area (TPSA) is 86.4 Å². The summed E-state index contributed by atoms with van der Waals surface area (Å²) in [5.74, 6) is 0.306. The maximum absolute atomic E-state index is 12.6. The van der Waals surface area contributed by atoms with E-state index in [-0.39, 0.29) is 37.0 Å². The Labute approximate surface area is 163 Å². The predicted molar refractivity (Wildman–Crippen MR) is 103 cm³/mol. The summed E-state index contributed by atoms with van der Waals surface area (Å²) in [6.45, 7) is 3.70. The van der Waals surface area contributed by atoms with E-state index in [0.29, 0.717) is 0 Å². The molecule has 1 aromatic heterocycles. The van der Waals surface area contributed by atoms with Crippen LogP contribution in [-0.4, -0.2) is 57.2 Å². The Kier molecular flexibility index (Phi) is 6.41. The molecule has 1 aliphatic rings. The summed E-state index contributed by atoms with van der Waals surface area (Å²) in [4.78, 5) is 38.1. The number of aromatic nitrogens is 3. The molecule has 1 fully saturated rings. The van der Waals surface area contributed by atoms with E-state index < -0.39 is 5.97 Å². The van der Waals surface area contributed by atoms with Gasteiger partial charge in [-0.25, -0.2) is 14.0 Å². The highest BCUT2D eigenvalue weighted by Gasteiger charge is 2.28. The molecule has 150 valence electrons. The number of para-hydroxylation sites is 1. The lowest BCUT2D eigenvalue weighted by Crippen LogP contribution is -2.38. The number of ketones is 1.